The van der Waals surface area contributed by atoms with Gasteiger partial charge in [0.05, 0.1) is 0 Å². The first kappa shape index (κ1) is 6.09. The first-order valence-electron chi connectivity index (χ1n) is 1.79. The van der Waals surface area contributed by atoms with Crippen molar-refractivity contribution in [3.8, 4) is 0 Å². The molecule has 0 aliphatic carbocycles. The van der Waals surface area contributed by atoms with Crippen LogP contribution < -0.4 is 0 Å². The topological polar surface area (TPSA) is 0 Å². The van der Waals surface area contributed by atoms with Crippen molar-refractivity contribution in [3.05, 3.63) is 18.4 Å². The molecular weight excluding hydrogens is 92.1 g/mol. The molecule has 0 aromatic rings. The van der Waals surface area contributed by atoms with Crippen molar-refractivity contribution in [2.75, 3.05) is 6.26 Å². The van der Waals surface area contributed by atoms with E-state index in [0.717, 1.165) is 0 Å². The molecule has 0 amide bonds. The smallest absolute Gasteiger partial charge is 0.0142 e. The summed E-state index contributed by atoms with van der Waals surface area (Å²) < 4.78 is 0. The summed E-state index contributed by atoms with van der Waals surface area (Å²) in [6.07, 6.45) is 4.58. The summed E-state index contributed by atoms with van der Waals surface area (Å²) in [5, 5.41) is 1.97. The van der Waals surface area contributed by atoms with E-state index in [1.807, 2.05) is 17.7 Å². The Bertz CT molecular complexity index is 33.2. The van der Waals surface area contributed by atoms with E-state index in [-0.39, 0.29) is 0 Å². The standard InChI is InChI=1S/C5H8S/c1-3-4-5-6-2/h1,4-5H,3H2,2H3/b5-4+. The van der Waals surface area contributed by atoms with E-state index in [1.54, 1.807) is 11.8 Å². The largest absolute Gasteiger partial charge is 0.138 e. The maximum atomic E-state index is 5.11. The highest BCUT2D eigenvalue weighted by Gasteiger charge is 1.60. The molecule has 0 aromatic heterocycles. The van der Waals surface area contributed by atoms with E-state index in [0.29, 0.717) is 6.42 Å². The van der Waals surface area contributed by atoms with Gasteiger partial charge in [-0.05, 0) is 25.0 Å². The zero-order valence-electron chi connectivity index (χ0n) is 3.85. The Balaban J connectivity index is 2.73. The van der Waals surface area contributed by atoms with Crippen molar-refractivity contribution in [2.24, 2.45) is 0 Å². The molecule has 0 N–H and O–H groups in total. The van der Waals surface area contributed by atoms with Gasteiger partial charge in [-0.1, -0.05) is 6.08 Å². The Labute approximate surface area is 43.6 Å². The molecule has 6 heavy (non-hydrogen) atoms. The quantitative estimate of drug-likeness (QED) is 0.511. The summed E-state index contributed by atoms with van der Waals surface area (Å²) in [6, 6.07) is 0. The molecule has 0 saturated heterocycles. The van der Waals surface area contributed by atoms with E-state index < -0.39 is 0 Å². The maximum Gasteiger partial charge on any atom is -0.0142 e. The Kier molecular flexibility index (Phi) is 5.17. The second-order valence-electron chi connectivity index (χ2n) is 0.843. The Morgan fingerprint density at radius 3 is 2.67 bits per heavy atom. The van der Waals surface area contributed by atoms with Crippen LogP contribution in [0.4, 0.5) is 0 Å². The molecule has 0 saturated carbocycles. The van der Waals surface area contributed by atoms with Crippen LogP contribution in [0, 0.1) is 6.92 Å². The average molecular weight is 100 g/mol. The van der Waals surface area contributed by atoms with Crippen molar-refractivity contribution >= 4 is 11.8 Å². The minimum atomic E-state index is 0.654. The molecule has 0 heterocycles. The first-order chi connectivity index (χ1) is 2.91. The highest BCUT2D eigenvalue weighted by Crippen LogP contribution is 1.92. The fourth-order valence-corrected chi connectivity index (χ4v) is 0.455. The molecule has 0 aliphatic rings. The predicted octanol–water partition coefficient (Wildman–Crippen LogP) is 1.96. The summed E-state index contributed by atoms with van der Waals surface area (Å²) in [6.45, 7) is 5.11. The van der Waals surface area contributed by atoms with Gasteiger partial charge in [0.2, 0.25) is 0 Å². The molecule has 0 bridgehead atoms. The van der Waals surface area contributed by atoms with Gasteiger partial charge in [-0.3, -0.25) is 0 Å². The fraction of sp³-hybridized carbons (Fsp3) is 0.400. The predicted molar refractivity (Wildman–Crippen MR) is 31.6 cm³/mol. The average Bonchev–Trinajstić information content (AvgIpc) is 1.61. The van der Waals surface area contributed by atoms with Gasteiger partial charge in [0.1, 0.15) is 0 Å². The van der Waals surface area contributed by atoms with Gasteiger partial charge >= 0.3 is 0 Å². The molecule has 34 valence electrons. The lowest BCUT2D eigenvalue weighted by atomic mass is 10.5. The van der Waals surface area contributed by atoms with Gasteiger partial charge in [-0.15, -0.1) is 11.8 Å². The van der Waals surface area contributed by atoms with Crippen LogP contribution in [0.15, 0.2) is 11.5 Å². The van der Waals surface area contributed by atoms with Crippen LogP contribution in [0.2, 0.25) is 0 Å². The van der Waals surface area contributed by atoms with Crippen molar-refractivity contribution < 1.29 is 0 Å². The maximum absolute atomic E-state index is 5.11. The summed E-state index contributed by atoms with van der Waals surface area (Å²) in [7, 11) is 0. The van der Waals surface area contributed by atoms with E-state index in [4.69, 9.17) is 6.92 Å². The van der Waals surface area contributed by atoms with Crippen molar-refractivity contribution in [2.45, 2.75) is 6.42 Å². The first-order valence-corrected chi connectivity index (χ1v) is 3.08. The number of thioether (sulfide) groups is 1. The highest BCUT2D eigenvalue weighted by atomic mass is 32.2. The van der Waals surface area contributed by atoms with Gasteiger partial charge in [0.25, 0.3) is 0 Å². The van der Waals surface area contributed by atoms with Gasteiger partial charge in [0, 0.05) is 0 Å². The second-order valence-corrected chi connectivity index (χ2v) is 1.59. The molecule has 0 aromatic carbocycles. The molecule has 0 atom stereocenters. The van der Waals surface area contributed by atoms with E-state index >= 15 is 0 Å². The second kappa shape index (κ2) is 5.09. The molecule has 1 heteroatoms. The molecule has 0 nitrogen and oxygen atoms in total. The summed E-state index contributed by atoms with van der Waals surface area (Å²) in [5.41, 5.74) is 0. The lowest BCUT2D eigenvalue weighted by Crippen LogP contribution is -1.46. The van der Waals surface area contributed by atoms with E-state index in [2.05, 4.69) is 0 Å². The summed E-state index contributed by atoms with van der Waals surface area (Å²) >= 11 is 1.67. The van der Waals surface area contributed by atoms with Gasteiger partial charge in [0.15, 0.2) is 0 Å². The monoisotopic (exact) mass is 100 g/mol. The molecule has 0 rings (SSSR count). The van der Waals surface area contributed by atoms with Crippen LogP contribution in [0.3, 0.4) is 0 Å². The Morgan fingerprint density at radius 2 is 2.50 bits per heavy atom. The van der Waals surface area contributed by atoms with Crippen LogP contribution in [0.25, 0.3) is 0 Å². The molecule has 0 spiro atoms. The third-order valence-electron chi connectivity index (χ3n) is 0.368. The van der Waals surface area contributed by atoms with E-state index in [1.165, 1.54) is 0 Å². The van der Waals surface area contributed by atoms with Crippen molar-refractivity contribution in [1.82, 2.24) is 0 Å². The minimum absolute atomic E-state index is 0.654. The molecular formula is C5H8S. The van der Waals surface area contributed by atoms with E-state index in [9.17, 15) is 0 Å². The fourth-order valence-electron chi connectivity index (χ4n) is 0.152. The number of hydrogen-bond acceptors (Lipinski definition) is 1. The van der Waals surface area contributed by atoms with Crippen LogP contribution in [-0.2, 0) is 0 Å². The molecule has 0 fully saturated rings. The summed E-state index contributed by atoms with van der Waals surface area (Å²) in [4.78, 5) is 0. The van der Waals surface area contributed by atoms with Crippen molar-refractivity contribution in [1.29, 1.82) is 0 Å². The van der Waals surface area contributed by atoms with Crippen LogP contribution in [0.5, 0.6) is 0 Å². The van der Waals surface area contributed by atoms with Crippen LogP contribution in [-0.4, -0.2) is 6.26 Å². The number of rotatable bonds is 2. The molecule has 2 radical (unpaired) electrons. The third-order valence-corrected chi connectivity index (χ3v) is 0.833. The van der Waals surface area contributed by atoms with Crippen LogP contribution >= 0.6 is 11.8 Å². The molecule has 0 aliphatic heterocycles. The summed E-state index contributed by atoms with van der Waals surface area (Å²) in [5.74, 6) is 0. The number of hydrogen-bond donors (Lipinski definition) is 0. The third kappa shape index (κ3) is 4.09. The molecule has 0 unspecified atom stereocenters. The van der Waals surface area contributed by atoms with Crippen molar-refractivity contribution in [3.63, 3.8) is 0 Å². The van der Waals surface area contributed by atoms with Crippen LogP contribution in [0.1, 0.15) is 6.42 Å². The van der Waals surface area contributed by atoms with Gasteiger partial charge < -0.3 is 0 Å². The minimum Gasteiger partial charge on any atom is -0.138 e. The number of allylic oxidation sites excluding steroid dienone is 1. The normalized spacial score (nSPS) is 10.3. The Hall–Kier alpha value is 0.0900. The van der Waals surface area contributed by atoms with Gasteiger partial charge in [-0.2, -0.15) is 0 Å². The zero-order valence-corrected chi connectivity index (χ0v) is 4.66. The SMILES string of the molecule is [CH]C/C=C/SC. The Morgan fingerprint density at radius 1 is 1.83 bits per heavy atom. The zero-order chi connectivity index (χ0) is 4.83. The lowest BCUT2D eigenvalue weighted by molar-refractivity contribution is 1.41. The lowest BCUT2D eigenvalue weighted by Gasteiger charge is -1.72. The highest BCUT2D eigenvalue weighted by molar-refractivity contribution is 8.01. The van der Waals surface area contributed by atoms with Gasteiger partial charge in [-0.25, -0.2) is 0 Å².